The molecule has 0 aromatic heterocycles. The van der Waals surface area contributed by atoms with Crippen molar-refractivity contribution in [2.45, 2.75) is 0 Å². The normalized spacial score (nSPS) is 13.7. The lowest BCUT2D eigenvalue weighted by molar-refractivity contribution is -0.114. The first-order valence-electron chi connectivity index (χ1n) is 8.81. The number of hydrogen-bond acceptors (Lipinski definition) is 6. The molecule has 0 radical (unpaired) electrons. The molecule has 1 aliphatic heterocycles. The second-order valence-corrected chi connectivity index (χ2v) is 6.09. The molecule has 0 unspecified atom stereocenters. The zero-order chi connectivity index (χ0) is 19.1. The minimum absolute atomic E-state index is 0.120. The minimum atomic E-state index is -0.390. The molecule has 27 heavy (non-hydrogen) atoms. The predicted molar refractivity (Wildman–Crippen MR) is 104 cm³/mol. The Balaban J connectivity index is 1.57. The van der Waals surface area contributed by atoms with Gasteiger partial charge in [-0.3, -0.25) is 4.79 Å². The Morgan fingerprint density at radius 3 is 2.48 bits per heavy atom. The highest BCUT2D eigenvalue weighted by molar-refractivity contribution is 5.97. The van der Waals surface area contributed by atoms with Gasteiger partial charge in [-0.05, 0) is 36.4 Å². The van der Waals surface area contributed by atoms with Gasteiger partial charge in [0.25, 0.3) is 0 Å². The minimum Gasteiger partial charge on any atom is -0.465 e. The lowest BCUT2D eigenvalue weighted by Crippen LogP contribution is -2.37. The van der Waals surface area contributed by atoms with E-state index >= 15 is 0 Å². The summed E-state index contributed by atoms with van der Waals surface area (Å²) in [7, 11) is 1.34. The summed E-state index contributed by atoms with van der Waals surface area (Å²) < 4.78 is 10.1. The number of carbonyl (C=O) groups is 2. The summed E-state index contributed by atoms with van der Waals surface area (Å²) in [4.78, 5) is 26.0. The van der Waals surface area contributed by atoms with Gasteiger partial charge in [0.1, 0.15) is 0 Å². The first-order valence-corrected chi connectivity index (χ1v) is 8.81. The smallest absolute Gasteiger partial charge is 0.337 e. The number of esters is 1. The van der Waals surface area contributed by atoms with Crippen LogP contribution in [0, 0.1) is 0 Å². The summed E-state index contributed by atoms with van der Waals surface area (Å²) in [5.74, 6) is -0.535. The third kappa shape index (κ3) is 4.98. The summed E-state index contributed by atoms with van der Waals surface area (Å²) >= 11 is 0. The maximum absolute atomic E-state index is 12.4. The molecule has 1 fully saturated rings. The zero-order valence-corrected chi connectivity index (χ0v) is 15.2. The number of hydrogen-bond donors (Lipinski definition) is 2. The average Bonchev–Trinajstić information content (AvgIpc) is 2.73. The average molecular weight is 369 g/mol. The van der Waals surface area contributed by atoms with Crippen LogP contribution in [0.2, 0.25) is 0 Å². The number of morpholine rings is 1. The molecule has 0 atom stereocenters. The van der Waals surface area contributed by atoms with Crippen LogP contribution in [0.4, 0.5) is 17.1 Å². The number of benzene rings is 2. The van der Waals surface area contributed by atoms with Crippen LogP contribution in [0.1, 0.15) is 10.4 Å². The molecule has 142 valence electrons. The summed E-state index contributed by atoms with van der Waals surface area (Å²) in [6, 6.07) is 14.5. The fourth-order valence-corrected chi connectivity index (χ4v) is 2.88. The number of amides is 1. The molecule has 1 amide bonds. The van der Waals surface area contributed by atoms with E-state index in [0.29, 0.717) is 18.8 Å². The van der Waals surface area contributed by atoms with Gasteiger partial charge in [-0.25, -0.2) is 4.79 Å². The molecule has 1 saturated heterocycles. The Labute approximate surface area is 158 Å². The van der Waals surface area contributed by atoms with Crippen LogP contribution in [0.15, 0.2) is 48.5 Å². The fraction of sp³-hybridized carbons (Fsp3) is 0.300. The van der Waals surface area contributed by atoms with E-state index in [1.807, 2.05) is 24.3 Å². The fourth-order valence-electron chi connectivity index (χ4n) is 2.88. The summed E-state index contributed by atoms with van der Waals surface area (Å²) in [6.07, 6.45) is 0. The van der Waals surface area contributed by atoms with E-state index in [-0.39, 0.29) is 18.4 Å². The van der Waals surface area contributed by atoms with Crippen molar-refractivity contribution < 1.29 is 19.1 Å². The number of nitrogens with one attached hydrogen (secondary N) is 2. The lowest BCUT2D eigenvalue weighted by atomic mass is 10.2. The van der Waals surface area contributed by atoms with Crippen molar-refractivity contribution in [1.82, 2.24) is 0 Å². The number of nitrogens with zero attached hydrogens (tertiary/aromatic N) is 1. The van der Waals surface area contributed by atoms with Crippen LogP contribution in [-0.4, -0.2) is 51.8 Å². The van der Waals surface area contributed by atoms with Crippen LogP contribution in [-0.2, 0) is 14.3 Å². The zero-order valence-electron chi connectivity index (χ0n) is 15.2. The third-order valence-electron chi connectivity index (χ3n) is 4.29. The first kappa shape index (κ1) is 18.7. The van der Waals surface area contributed by atoms with Gasteiger partial charge >= 0.3 is 5.97 Å². The number of rotatable bonds is 6. The highest BCUT2D eigenvalue weighted by Crippen LogP contribution is 2.26. The van der Waals surface area contributed by atoms with Crippen molar-refractivity contribution in [3.05, 3.63) is 54.1 Å². The molecule has 2 N–H and O–H groups in total. The summed E-state index contributed by atoms with van der Waals surface area (Å²) in [5, 5.41) is 6.01. The Morgan fingerprint density at radius 1 is 1.07 bits per heavy atom. The van der Waals surface area contributed by atoms with Crippen molar-refractivity contribution in [3.8, 4) is 0 Å². The number of anilines is 3. The van der Waals surface area contributed by atoms with Crippen molar-refractivity contribution in [3.63, 3.8) is 0 Å². The van der Waals surface area contributed by atoms with Gasteiger partial charge in [0.05, 0.1) is 43.8 Å². The second-order valence-electron chi connectivity index (χ2n) is 6.09. The van der Waals surface area contributed by atoms with Crippen molar-refractivity contribution >= 4 is 28.9 Å². The van der Waals surface area contributed by atoms with Crippen molar-refractivity contribution in [2.24, 2.45) is 0 Å². The number of para-hydroxylation sites is 2. The number of carbonyl (C=O) groups excluding carboxylic acids is 2. The quantitative estimate of drug-likeness (QED) is 0.761. The highest BCUT2D eigenvalue weighted by Gasteiger charge is 2.15. The van der Waals surface area contributed by atoms with Crippen LogP contribution in [0.25, 0.3) is 0 Å². The highest BCUT2D eigenvalue weighted by atomic mass is 16.5. The molecule has 3 rings (SSSR count). The Kier molecular flexibility index (Phi) is 6.27. The van der Waals surface area contributed by atoms with Gasteiger partial charge in [-0.15, -0.1) is 0 Å². The molecule has 2 aromatic carbocycles. The van der Waals surface area contributed by atoms with Crippen LogP contribution < -0.4 is 15.5 Å². The van der Waals surface area contributed by atoms with E-state index in [0.717, 1.165) is 30.2 Å². The molecule has 0 aliphatic carbocycles. The van der Waals surface area contributed by atoms with E-state index < -0.39 is 0 Å². The van der Waals surface area contributed by atoms with Gasteiger partial charge in [0, 0.05) is 18.8 Å². The Morgan fingerprint density at radius 2 is 1.78 bits per heavy atom. The Hall–Kier alpha value is -3.06. The van der Waals surface area contributed by atoms with Gasteiger partial charge in [0.15, 0.2) is 0 Å². The first-order chi connectivity index (χ1) is 13.2. The molecule has 1 aliphatic rings. The van der Waals surface area contributed by atoms with E-state index in [1.165, 1.54) is 7.11 Å². The monoisotopic (exact) mass is 369 g/mol. The maximum Gasteiger partial charge on any atom is 0.337 e. The van der Waals surface area contributed by atoms with Gasteiger partial charge < -0.3 is 25.0 Å². The topological polar surface area (TPSA) is 79.9 Å². The van der Waals surface area contributed by atoms with Crippen LogP contribution >= 0.6 is 0 Å². The maximum atomic E-state index is 12.4. The molecule has 7 nitrogen and oxygen atoms in total. The van der Waals surface area contributed by atoms with E-state index in [1.54, 1.807) is 24.3 Å². The SMILES string of the molecule is COC(=O)c1ccc(NCC(=O)Nc2ccccc2N2CCOCC2)cc1. The largest absolute Gasteiger partial charge is 0.465 e. The lowest BCUT2D eigenvalue weighted by Gasteiger charge is -2.30. The summed E-state index contributed by atoms with van der Waals surface area (Å²) in [6.45, 7) is 3.10. The second kappa shape index (κ2) is 9.05. The van der Waals surface area contributed by atoms with Gasteiger partial charge in [0.2, 0.25) is 5.91 Å². The van der Waals surface area contributed by atoms with Crippen molar-refractivity contribution in [1.29, 1.82) is 0 Å². The molecular formula is C20H23N3O4. The molecule has 0 bridgehead atoms. The number of ether oxygens (including phenoxy) is 2. The molecular weight excluding hydrogens is 346 g/mol. The van der Waals surface area contributed by atoms with Gasteiger partial charge in [-0.2, -0.15) is 0 Å². The van der Waals surface area contributed by atoms with E-state index in [9.17, 15) is 9.59 Å². The van der Waals surface area contributed by atoms with E-state index in [4.69, 9.17) is 4.74 Å². The number of methoxy groups -OCH3 is 1. The van der Waals surface area contributed by atoms with Crippen LogP contribution in [0.3, 0.4) is 0 Å². The Bertz CT molecular complexity index is 786. The standard InChI is InChI=1S/C20H23N3O4/c1-26-20(25)15-6-8-16(9-7-15)21-14-19(24)22-17-4-2-3-5-18(17)23-10-12-27-13-11-23/h2-9,21H,10-14H2,1H3,(H,22,24). The molecule has 7 heteroatoms. The predicted octanol–water partition coefficient (Wildman–Crippen LogP) is 2.36. The molecule has 0 saturated carbocycles. The van der Waals surface area contributed by atoms with E-state index in [2.05, 4.69) is 20.3 Å². The third-order valence-corrected chi connectivity index (χ3v) is 4.29. The molecule has 2 aromatic rings. The molecule has 1 heterocycles. The van der Waals surface area contributed by atoms with Gasteiger partial charge in [-0.1, -0.05) is 12.1 Å². The van der Waals surface area contributed by atoms with Crippen molar-refractivity contribution in [2.75, 3.05) is 55.5 Å². The molecule has 0 spiro atoms. The van der Waals surface area contributed by atoms with Crippen LogP contribution in [0.5, 0.6) is 0 Å². The summed E-state index contributed by atoms with van der Waals surface area (Å²) in [5.41, 5.74) is 3.00.